The van der Waals surface area contributed by atoms with Crippen LogP contribution >= 0.6 is 0 Å². The zero-order valence-corrected chi connectivity index (χ0v) is 25.9. The topological polar surface area (TPSA) is 125 Å². The predicted octanol–water partition coefficient (Wildman–Crippen LogP) is 3.07. The fourth-order valence-electron chi connectivity index (χ4n) is 6.97. The number of amides is 3. The number of cyclic esters (lactones) is 1. The molecule has 1 spiro atoms. The van der Waals surface area contributed by atoms with Gasteiger partial charge >= 0.3 is 5.97 Å². The maximum atomic E-state index is 14.6. The molecular formula is C34H45N3O7. The van der Waals surface area contributed by atoms with Crippen LogP contribution in [0.15, 0.2) is 54.6 Å². The quantitative estimate of drug-likeness (QED) is 0.277. The standard InChI is InChI=1S/C34H45N3O7/c1-33(2,3)37-20-12-7-10-16-26(39)35-22-25(23-14-8-6-9-15-23)43-32(42)27-24-17-18-34(44-24)28(27)30(40)36(29(34)31(37)41)19-11-4-5-13-21-38/h6-9,12,14-15,17-18,24-25,27-29,38H,4-5,10-11,13,16,19-22H2,1-3H3,(H,35,39)/b12-7-/t24-,25-,27+,28+,29-,34+/m0/s1. The number of nitrogens with one attached hydrogen (secondary N) is 1. The minimum Gasteiger partial charge on any atom is -0.455 e. The molecule has 1 aromatic rings. The average Bonchev–Trinajstić information content (AvgIpc) is 3.63. The smallest absolute Gasteiger partial charge is 0.313 e. The molecule has 2 saturated heterocycles. The Morgan fingerprint density at radius 1 is 1.00 bits per heavy atom. The average molecular weight is 608 g/mol. The van der Waals surface area contributed by atoms with Gasteiger partial charge in [0.1, 0.15) is 23.7 Å². The molecule has 5 rings (SSSR count). The first-order valence-corrected chi connectivity index (χ1v) is 15.9. The number of benzene rings is 1. The summed E-state index contributed by atoms with van der Waals surface area (Å²) in [6.45, 7) is 6.70. The summed E-state index contributed by atoms with van der Waals surface area (Å²) >= 11 is 0. The van der Waals surface area contributed by atoms with Crippen LogP contribution in [0.1, 0.15) is 71.0 Å². The van der Waals surface area contributed by atoms with E-state index in [-0.39, 0.29) is 37.3 Å². The molecule has 10 nitrogen and oxygen atoms in total. The van der Waals surface area contributed by atoms with E-state index in [2.05, 4.69) is 5.32 Å². The number of carbonyl (C=O) groups excluding carboxylic acids is 4. The Kier molecular flexibility index (Phi) is 9.60. The number of rotatable bonds is 7. The number of hydrogen-bond acceptors (Lipinski definition) is 7. The van der Waals surface area contributed by atoms with Gasteiger partial charge in [0, 0.05) is 31.7 Å². The first-order valence-electron chi connectivity index (χ1n) is 15.9. The molecule has 4 aliphatic rings. The van der Waals surface area contributed by atoms with Crippen LogP contribution in [0, 0.1) is 11.8 Å². The molecule has 0 aliphatic carbocycles. The molecule has 44 heavy (non-hydrogen) atoms. The highest BCUT2D eigenvalue weighted by Gasteiger charge is 2.73. The minimum absolute atomic E-state index is 0.0923. The molecule has 2 N–H and O–H groups in total. The Hall–Kier alpha value is -3.50. The van der Waals surface area contributed by atoms with E-state index in [1.807, 2.05) is 69.3 Å². The molecule has 4 heterocycles. The van der Waals surface area contributed by atoms with E-state index >= 15 is 0 Å². The molecule has 0 radical (unpaired) electrons. The van der Waals surface area contributed by atoms with Gasteiger partial charge in [-0.25, -0.2) is 0 Å². The number of carbonyl (C=O) groups is 4. The summed E-state index contributed by atoms with van der Waals surface area (Å²) in [7, 11) is 0. The molecule has 3 amide bonds. The summed E-state index contributed by atoms with van der Waals surface area (Å²) in [4.78, 5) is 59.0. The van der Waals surface area contributed by atoms with Crippen molar-refractivity contribution in [1.29, 1.82) is 0 Å². The summed E-state index contributed by atoms with van der Waals surface area (Å²) < 4.78 is 12.6. The van der Waals surface area contributed by atoms with E-state index in [0.29, 0.717) is 32.4 Å². The van der Waals surface area contributed by atoms with Crippen molar-refractivity contribution in [3.8, 4) is 0 Å². The zero-order valence-electron chi connectivity index (χ0n) is 25.9. The maximum absolute atomic E-state index is 14.6. The van der Waals surface area contributed by atoms with Crippen molar-refractivity contribution in [1.82, 2.24) is 15.1 Å². The molecule has 238 valence electrons. The van der Waals surface area contributed by atoms with Crippen LogP contribution in [-0.2, 0) is 28.7 Å². The monoisotopic (exact) mass is 607 g/mol. The highest BCUT2D eigenvalue weighted by Crippen LogP contribution is 2.56. The number of allylic oxidation sites excluding steroid dienone is 1. The molecule has 6 atom stereocenters. The van der Waals surface area contributed by atoms with Gasteiger partial charge in [0.2, 0.25) is 17.7 Å². The summed E-state index contributed by atoms with van der Waals surface area (Å²) in [5.41, 5.74) is -1.14. The summed E-state index contributed by atoms with van der Waals surface area (Å²) in [5.74, 6) is -3.12. The van der Waals surface area contributed by atoms with Crippen molar-refractivity contribution in [2.24, 2.45) is 11.8 Å². The Balaban J connectivity index is 1.53. The van der Waals surface area contributed by atoms with Crippen LogP contribution in [-0.4, -0.2) is 88.1 Å². The van der Waals surface area contributed by atoms with Crippen molar-refractivity contribution < 1.29 is 33.8 Å². The van der Waals surface area contributed by atoms with Crippen molar-refractivity contribution in [3.63, 3.8) is 0 Å². The van der Waals surface area contributed by atoms with Gasteiger partial charge in [-0.15, -0.1) is 0 Å². The zero-order chi connectivity index (χ0) is 31.5. The fourth-order valence-corrected chi connectivity index (χ4v) is 6.97. The minimum atomic E-state index is -1.29. The first kappa shape index (κ1) is 31.9. The van der Waals surface area contributed by atoms with Gasteiger partial charge in [0.05, 0.1) is 18.6 Å². The van der Waals surface area contributed by atoms with Crippen molar-refractivity contribution in [2.75, 3.05) is 26.2 Å². The van der Waals surface area contributed by atoms with Gasteiger partial charge in [-0.2, -0.15) is 0 Å². The third-order valence-corrected chi connectivity index (χ3v) is 9.17. The largest absolute Gasteiger partial charge is 0.455 e. The molecule has 5 bridgehead atoms. The summed E-state index contributed by atoms with van der Waals surface area (Å²) in [6, 6.07) is 8.28. The van der Waals surface area contributed by atoms with Crippen molar-refractivity contribution in [3.05, 3.63) is 60.2 Å². The van der Waals surface area contributed by atoms with Crippen LogP contribution in [0.25, 0.3) is 0 Å². The van der Waals surface area contributed by atoms with Gasteiger partial charge in [0.15, 0.2) is 0 Å². The highest BCUT2D eigenvalue weighted by atomic mass is 16.6. The van der Waals surface area contributed by atoms with Gasteiger partial charge in [-0.05, 0) is 45.6 Å². The Labute approximate surface area is 259 Å². The molecule has 0 aromatic heterocycles. The molecule has 0 unspecified atom stereocenters. The fraction of sp³-hybridized carbons (Fsp3) is 0.588. The highest BCUT2D eigenvalue weighted by molar-refractivity contribution is 5.99. The number of aliphatic hydroxyl groups excluding tert-OH is 1. The van der Waals surface area contributed by atoms with Crippen LogP contribution in [0.3, 0.4) is 0 Å². The lowest BCUT2D eigenvalue weighted by Gasteiger charge is -2.41. The molecule has 1 aromatic carbocycles. The summed E-state index contributed by atoms with van der Waals surface area (Å²) in [6.07, 6.45) is 9.62. The van der Waals surface area contributed by atoms with Crippen LogP contribution in [0.5, 0.6) is 0 Å². The Morgan fingerprint density at radius 3 is 2.48 bits per heavy atom. The van der Waals surface area contributed by atoms with Gasteiger partial charge in [0.25, 0.3) is 0 Å². The van der Waals surface area contributed by atoms with Gasteiger partial charge in [-0.1, -0.05) is 67.5 Å². The van der Waals surface area contributed by atoms with Crippen LogP contribution in [0.2, 0.25) is 0 Å². The number of hydrogen-bond donors (Lipinski definition) is 2. The van der Waals surface area contributed by atoms with Crippen LogP contribution < -0.4 is 5.32 Å². The second-order valence-corrected chi connectivity index (χ2v) is 13.1. The van der Waals surface area contributed by atoms with E-state index in [4.69, 9.17) is 9.47 Å². The Bertz CT molecular complexity index is 1290. The SMILES string of the molecule is CC(C)(C)N1C/C=C\CCC(=O)NC[C@@H](c2ccccc2)OC(=O)[C@@H]2[C@@H]3C=C[C@]4(O3)[C@H](C1=O)N(CCCCCCO)C(=O)[C@@H]24. The molecule has 4 aliphatic heterocycles. The predicted molar refractivity (Wildman–Crippen MR) is 163 cm³/mol. The normalized spacial score (nSPS) is 31.7. The third-order valence-electron chi connectivity index (χ3n) is 9.17. The number of unbranched alkanes of at least 4 members (excludes halogenated alkanes) is 3. The van der Waals surface area contributed by atoms with E-state index in [1.54, 1.807) is 15.9 Å². The number of aliphatic hydroxyl groups is 1. The van der Waals surface area contributed by atoms with E-state index in [1.165, 1.54) is 0 Å². The van der Waals surface area contributed by atoms with E-state index in [9.17, 15) is 24.3 Å². The molecule has 0 saturated carbocycles. The Morgan fingerprint density at radius 2 is 1.75 bits per heavy atom. The maximum Gasteiger partial charge on any atom is 0.313 e. The van der Waals surface area contributed by atoms with E-state index in [0.717, 1.165) is 18.4 Å². The van der Waals surface area contributed by atoms with Gasteiger partial charge in [-0.3, -0.25) is 19.2 Å². The number of fused-ring (bicyclic) bond motifs is 2. The van der Waals surface area contributed by atoms with Crippen molar-refractivity contribution >= 4 is 23.7 Å². The van der Waals surface area contributed by atoms with Gasteiger partial charge < -0.3 is 29.7 Å². The molecule has 10 heteroatoms. The van der Waals surface area contributed by atoms with Crippen LogP contribution in [0.4, 0.5) is 0 Å². The second-order valence-electron chi connectivity index (χ2n) is 13.1. The van der Waals surface area contributed by atoms with E-state index < -0.39 is 47.2 Å². The first-order chi connectivity index (χ1) is 21.1. The third kappa shape index (κ3) is 6.19. The van der Waals surface area contributed by atoms with Crippen molar-refractivity contribution in [2.45, 2.75) is 88.7 Å². The lowest BCUT2D eigenvalue weighted by atomic mass is 9.74. The number of likely N-dealkylation sites (tertiary alicyclic amines) is 1. The lowest BCUT2D eigenvalue weighted by Crippen LogP contribution is -2.59. The molecule has 2 fully saturated rings. The number of esters is 1. The second kappa shape index (κ2) is 13.2. The molecular weight excluding hydrogens is 562 g/mol. The number of ether oxygens (including phenoxy) is 2. The lowest BCUT2D eigenvalue weighted by molar-refractivity contribution is -0.160. The number of nitrogens with zero attached hydrogens (tertiary/aromatic N) is 2. The summed E-state index contributed by atoms with van der Waals surface area (Å²) in [5, 5.41) is 12.1.